The van der Waals surface area contributed by atoms with Crippen molar-refractivity contribution in [1.29, 1.82) is 0 Å². The van der Waals surface area contributed by atoms with Crippen molar-refractivity contribution in [1.82, 2.24) is 10.6 Å². The molecule has 19 heavy (non-hydrogen) atoms. The van der Waals surface area contributed by atoms with Gasteiger partial charge >= 0.3 is 0 Å². The first-order valence-corrected chi connectivity index (χ1v) is 8.12. The first kappa shape index (κ1) is 14.8. The zero-order chi connectivity index (χ0) is 13.8. The van der Waals surface area contributed by atoms with Crippen LogP contribution in [0.1, 0.15) is 65.7 Å². The van der Waals surface area contributed by atoms with E-state index in [1.54, 1.807) is 0 Å². The van der Waals surface area contributed by atoms with E-state index in [0.29, 0.717) is 12.1 Å². The van der Waals surface area contributed by atoms with E-state index in [4.69, 9.17) is 0 Å². The number of rotatable bonds is 4. The Balaban J connectivity index is 1.73. The van der Waals surface area contributed by atoms with Crippen molar-refractivity contribution in [2.24, 2.45) is 11.8 Å². The van der Waals surface area contributed by atoms with Gasteiger partial charge in [-0.15, -0.1) is 0 Å². The molecule has 0 aromatic carbocycles. The molecule has 1 amide bonds. The Kier molecular flexibility index (Phi) is 5.26. The van der Waals surface area contributed by atoms with Crippen molar-refractivity contribution < 1.29 is 4.79 Å². The molecule has 4 unspecified atom stereocenters. The second kappa shape index (κ2) is 6.74. The van der Waals surface area contributed by atoms with Crippen LogP contribution in [0.4, 0.5) is 0 Å². The van der Waals surface area contributed by atoms with Crippen molar-refractivity contribution in [3.63, 3.8) is 0 Å². The molecule has 2 saturated carbocycles. The summed E-state index contributed by atoms with van der Waals surface area (Å²) >= 11 is 0. The third-order valence-corrected chi connectivity index (χ3v) is 5.18. The predicted molar refractivity (Wildman–Crippen MR) is 79.0 cm³/mol. The van der Waals surface area contributed by atoms with E-state index >= 15 is 0 Å². The summed E-state index contributed by atoms with van der Waals surface area (Å²) in [6.07, 6.45) is 8.58. The summed E-state index contributed by atoms with van der Waals surface area (Å²) in [5, 5.41) is 6.72. The van der Waals surface area contributed by atoms with Gasteiger partial charge in [-0.05, 0) is 50.9 Å². The molecule has 0 aliphatic heterocycles. The highest BCUT2D eigenvalue weighted by Gasteiger charge is 2.27. The SMILES string of the molecule is CC(NC1CCC(C)C(C)C1)C(=O)NC1CCCC1. The van der Waals surface area contributed by atoms with Crippen LogP contribution in [0.25, 0.3) is 0 Å². The second-order valence-corrected chi connectivity index (χ2v) is 6.84. The van der Waals surface area contributed by atoms with Crippen LogP contribution in [-0.2, 0) is 4.79 Å². The molecule has 2 fully saturated rings. The van der Waals surface area contributed by atoms with E-state index in [-0.39, 0.29) is 11.9 Å². The number of nitrogens with one attached hydrogen (secondary N) is 2. The minimum absolute atomic E-state index is 0.0498. The Morgan fingerprint density at radius 3 is 2.32 bits per heavy atom. The molecule has 0 heterocycles. The van der Waals surface area contributed by atoms with E-state index in [1.165, 1.54) is 32.1 Å². The van der Waals surface area contributed by atoms with Gasteiger partial charge in [0, 0.05) is 12.1 Å². The molecule has 0 aromatic heterocycles. The van der Waals surface area contributed by atoms with E-state index in [9.17, 15) is 4.79 Å². The summed E-state index contributed by atoms with van der Waals surface area (Å²) in [6, 6.07) is 0.906. The minimum atomic E-state index is -0.0498. The summed E-state index contributed by atoms with van der Waals surface area (Å²) in [7, 11) is 0. The third kappa shape index (κ3) is 4.20. The molecule has 0 radical (unpaired) electrons. The molecular weight excluding hydrogens is 236 g/mol. The zero-order valence-electron chi connectivity index (χ0n) is 12.7. The summed E-state index contributed by atoms with van der Waals surface area (Å²) < 4.78 is 0. The lowest BCUT2D eigenvalue weighted by molar-refractivity contribution is -0.123. The van der Waals surface area contributed by atoms with Gasteiger partial charge in [0.25, 0.3) is 0 Å². The van der Waals surface area contributed by atoms with Gasteiger partial charge in [0.05, 0.1) is 6.04 Å². The maximum absolute atomic E-state index is 12.1. The smallest absolute Gasteiger partial charge is 0.237 e. The van der Waals surface area contributed by atoms with Gasteiger partial charge in [-0.1, -0.05) is 26.7 Å². The van der Waals surface area contributed by atoms with Crippen LogP contribution in [0.2, 0.25) is 0 Å². The molecule has 0 aromatic rings. The Bertz CT molecular complexity index is 299. The summed E-state index contributed by atoms with van der Waals surface area (Å²) in [6.45, 7) is 6.69. The Morgan fingerprint density at radius 1 is 1.00 bits per heavy atom. The van der Waals surface area contributed by atoms with Gasteiger partial charge in [0.15, 0.2) is 0 Å². The normalized spacial score (nSPS) is 34.2. The second-order valence-electron chi connectivity index (χ2n) is 6.84. The fourth-order valence-corrected chi connectivity index (χ4v) is 3.52. The van der Waals surface area contributed by atoms with Crippen molar-refractivity contribution in [2.45, 2.75) is 83.8 Å². The molecule has 2 aliphatic rings. The van der Waals surface area contributed by atoms with E-state index in [2.05, 4.69) is 24.5 Å². The number of carbonyl (C=O) groups excluding carboxylic acids is 1. The van der Waals surface area contributed by atoms with E-state index in [0.717, 1.165) is 24.7 Å². The standard InChI is InChI=1S/C16H30N2O/c1-11-8-9-15(10-12(11)2)17-13(3)16(19)18-14-6-4-5-7-14/h11-15,17H,4-10H2,1-3H3,(H,18,19). The fraction of sp³-hybridized carbons (Fsp3) is 0.938. The molecule has 2 N–H and O–H groups in total. The first-order chi connectivity index (χ1) is 9.06. The quantitative estimate of drug-likeness (QED) is 0.821. The highest BCUT2D eigenvalue weighted by Crippen LogP contribution is 2.29. The first-order valence-electron chi connectivity index (χ1n) is 8.12. The molecule has 0 bridgehead atoms. The molecule has 3 nitrogen and oxygen atoms in total. The van der Waals surface area contributed by atoms with Crippen LogP contribution in [0, 0.1) is 11.8 Å². The average Bonchev–Trinajstić information content (AvgIpc) is 2.86. The van der Waals surface area contributed by atoms with E-state index in [1.807, 2.05) is 6.92 Å². The van der Waals surface area contributed by atoms with Gasteiger partial charge < -0.3 is 10.6 Å². The Hall–Kier alpha value is -0.570. The topological polar surface area (TPSA) is 41.1 Å². The molecule has 0 saturated heterocycles. The molecule has 2 rings (SSSR count). The Labute approximate surface area is 117 Å². The highest BCUT2D eigenvalue weighted by molar-refractivity contribution is 5.81. The van der Waals surface area contributed by atoms with Crippen LogP contribution in [-0.4, -0.2) is 24.0 Å². The van der Waals surface area contributed by atoms with Crippen molar-refractivity contribution in [3.8, 4) is 0 Å². The van der Waals surface area contributed by atoms with Gasteiger partial charge in [-0.25, -0.2) is 0 Å². The molecule has 0 spiro atoms. The molecule has 3 heteroatoms. The lowest BCUT2D eigenvalue weighted by atomic mass is 9.79. The largest absolute Gasteiger partial charge is 0.352 e. The number of carbonyl (C=O) groups is 1. The maximum atomic E-state index is 12.1. The summed E-state index contributed by atoms with van der Waals surface area (Å²) in [4.78, 5) is 12.1. The lowest BCUT2D eigenvalue weighted by Gasteiger charge is -2.34. The van der Waals surface area contributed by atoms with Crippen LogP contribution < -0.4 is 10.6 Å². The zero-order valence-corrected chi connectivity index (χ0v) is 12.7. The van der Waals surface area contributed by atoms with Crippen molar-refractivity contribution in [3.05, 3.63) is 0 Å². The van der Waals surface area contributed by atoms with Gasteiger partial charge in [0.2, 0.25) is 5.91 Å². The third-order valence-electron chi connectivity index (χ3n) is 5.18. The van der Waals surface area contributed by atoms with Gasteiger partial charge in [-0.3, -0.25) is 4.79 Å². The van der Waals surface area contributed by atoms with Crippen LogP contribution in [0.15, 0.2) is 0 Å². The predicted octanol–water partition coefficient (Wildman–Crippen LogP) is 2.85. The van der Waals surface area contributed by atoms with Crippen molar-refractivity contribution >= 4 is 5.91 Å². The fourth-order valence-electron chi connectivity index (χ4n) is 3.52. The van der Waals surface area contributed by atoms with Crippen LogP contribution in [0.3, 0.4) is 0 Å². The molecule has 110 valence electrons. The molecular formula is C16H30N2O. The van der Waals surface area contributed by atoms with Crippen LogP contribution in [0.5, 0.6) is 0 Å². The van der Waals surface area contributed by atoms with E-state index < -0.39 is 0 Å². The maximum Gasteiger partial charge on any atom is 0.237 e. The highest BCUT2D eigenvalue weighted by atomic mass is 16.2. The number of amides is 1. The average molecular weight is 266 g/mol. The summed E-state index contributed by atoms with van der Waals surface area (Å²) in [5.41, 5.74) is 0. The van der Waals surface area contributed by atoms with Gasteiger partial charge in [-0.2, -0.15) is 0 Å². The lowest BCUT2D eigenvalue weighted by Crippen LogP contribution is -2.50. The van der Waals surface area contributed by atoms with Crippen molar-refractivity contribution in [2.75, 3.05) is 0 Å². The molecule has 2 aliphatic carbocycles. The monoisotopic (exact) mass is 266 g/mol. The number of hydrogen-bond acceptors (Lipinski definition) is 2. The Morgan fingerprint density at radius 2 is 1.68 bits per heavy atom. The van der Waals surface area contributed by atoms with Crippen LogP contribution >= 0.6 is 0 Å². The van der Waals surface area contributed by atoms with Gasteiger partial charge in [0.1, 0.15) is 0 Å². The summed E-state index contributed by atoms with van der Waals surface area (Å²) in [5.74, 6) is 1.80. The number of hydrogen-bond donors (Lipinski definition) is 2. The minimum Gasteiger partial charge on any atom is -0.352 e. The molecule has 4 atom stereocenters.